The monoisotopic (exact) mass is 259 g/mol. The number of fused-ring (bicyclic) bond motifs is 3. The molecule has 96 valence electrons. The van der Waals surface area contributed by atoms with Crippen LogP contribution in [0.5, 0.6) is 0 Å². The maximum Gasteiger partial charge on any atom is 0.371 e. The van der Waals surface area contributed by atoms with Crippen LogP contribution >= 0.6 is 0 Å². The van der Waals surface area contributed by atoms with Crippen LogP contribution in [-0.4, -0.2) is 23.8 Å². The molecule has 0 N–H and O–H groups in total. The Hall–Kier alpha value is -2.63. The van der Waals surface area contributed by atoms with Crippen LogP contribution in [0.4, 0.5) is 5.69 Å². The van der Waals surface area contributed by atoms with Crippen LogP contribution in [0.2, 0.25) is 0 Å². The highest BCUT2D eigenvalue weighted by Crippen LogP contribution is 2.39. The van der Waals surface area contributed by atoms with E-state index in [0.29, 0.717) is 5.69 Å². The Morgan fingerprint density at radius 3 is 2.79 bits per heavy atom. The fourth-order valence-corrected chi connectivity index (χ4v) is 2.18. The van der Waals surface area contributed by atoms with Gasteiger partial charge in [0.2, 0.25) is 0 Å². The maximum atomic E-state index is 11.9. The minimum atomic E-state index is -1.80. The van der Waals surface area contributed by atoms with Crippen molar-refractivity contribution < 1.29 is 23.9 Å². The predicted octanol–water partition coefficient (Wildman–Crippen LogP) is 0.977. The Bertz CT molecular complexity index is 636. The van der Waals surface area contributed by atoms with E-state index in [2.05, 4.69) is 0 Å². The highest BCUT2D eigenvalue weighted by Gasteiger charge is 2.53. The summed E-state index contributed by atoms with van der Waals surface area (Å²) in [7, 11) is 0. The summed E-state index contributed by atoms with van der Waals surface area (Å²) in [5.74, 6) is -3.51. The third-order valence-electron chi connectivity index (χ3n) is 2.86. The standard InChI is InChI=1S/C13H9NO5/c1-8(15)18-13-7-6-11(16)14(13)10-5-3-2-4-9(10)12(17)19-13/h2-7H,1H3/t13-/m0/s1. The van der Waals surface area contributed by atoms with Gasteiger partial charge in [0.15, 0.2) is 0 Å². The highest BCUT2D eigenvalue weighted by atomic mass is 16.8. The zero-order valence-electron chi connectivity index (χ0n) is 9.95. The van der Waals surface area contributed by atoms with Crippen molar-refractivity contribution in [2.45, 2.75) is 12.8 Å². The number of ether oxygens (including phenoxy) is 2. The number of amides is 1. The van der Waals surface area contributed by atoms with E-state index in [-0.39, 0.29) is 5.56 Å². The number of anilines is 1. The van der Waals surface area contributed by atoms with Gasteiger partial charge < -0.3 is 9.47 Å². The SMILES string of the molecule is CC(=O)O[C@]12C=CC(=O)N1c1ccccc1C(=O)O2. The van der Waals surface area contributed by atoms with Crippen molar-refractivity contribution in [2.75, 3.05) is 4.90 Å². The zero-order valence-corrected chi connectivity index (χ0v) is 9.95. The summed E-state index contributed by atoms with van der Waals surface area (Å²) in [6, 6.07) is 6.48. The summed E-state index contributed by atoms with van der Waals surface area (Å²) >= 11 is 0. The van der Waals surface area contributed by atoms with E-state index in [1.807, 2.05) is 0 Å². The summed E-state index contributed by atoms with van der Waals surface area (Å²) in [6.07, 6.45) is 2.46. The number of carbonyl (C=O) groups is 3. The molecule has 2 heterocycles. The zero-order chi connectivity index (χ0) is 13.6. The summed E-state index contributed by atoms with van der Waals surface area (Å²) in [4.78, 5) is 36.2. The van der Waals surface area contributed by atoms with Gasteiger partial charge in [0, 0.05) is 19.1 Å². The van der Waals surface area contributed by atoms with Gasteiger partial charge in [0.1, 0.15) is 0 Å². The molecule has 2 aliphatic heterocycles. The third kappa shape index (κ3) is 1.53. The summed E-state index contributed by atoms with van der Waals surface area (Å²) < 4.78 is 10.2. The summed E-state index contributed by atoms with van der Waals surface area (Å²) in [5.41, 5.74) is 0.609. The fraction of sp³-hybridized carbons (Fsp3) is 0.154. The fourth-order valence-electron chi connectivity index (χ4n) is 2.18. The molecule has 6 nitrogen and oxygen atoms in total. The molecular weight excluding hydrogens is 250 g/mol. The van der Waals surface area contributed by atoms with E-state index in [9.17, 15) is 14.4 Å². The summed E-state index contributed by atoms with van der Waals surface area (Å²) in [5, 5.41) is 0. The largest absolute Gasteiger partial charge is 0.400 e. The van der Waals surface area contributed by atoms with Crippen LogP contribution in [0, 0.1) is 0 Å². The van der Waals surface area contributed by atoms with Crippen LogP contribution < -0.4 is 4.90 Å². The molecular formula is C13H9NO5. The first kappa shape index (κ1) is 11.5. The molecule has 0 aliphatic carbocycles. The van der Waals surface area contributed by atoms with E-state index < -0.39 is 23.8 Å². The number of hydrogen-bond acceptors (Lipinski definition) is 5. The van der Waals surface area contributed by atoms with Crippen LogP contribution in [0.25, 0.3) is 0 Å². The first-order valence-corrected chi connectivity index (χ1v) is 5.59. The molecule has 1 amide bonds. The average Bonchev–Trinajstić information content (AvgIpc) is 2.66. The number of esters is 2. The normalized spacial score (nSPS) is 23.7. The maximum absolute atomic E-state index is 11.9. The molecule has 0 spiro atoms. The van der Waals surface area contributed by atoms with Gasteiger partial charge in [-0.3, -0.25) is 9.59 Å². The van der Waals surface area contributed by atoms with Crippen LogP contribution in [0.3, 0.4) is 0 Å². The Morgan fingerprint density at radius 2 is 2.05 bits per heavy atom. The van der Waals surface area contributed by atoms with Crippen molar-refractivity contribution in [3.8, 4) is 0 Å². The highest BCUT2D eigenvalue weighted by molar-refractivity contribution is 6.12. The molecule has 19 heavy (non-hydrogen) atoms. The molecule has 0 fully saturated rings. The molecule has 0 aromatic heterocycles. The van der Waals surface area contributed by atoms with Gasteiger partial charge in [-0.25, -0.2) is 9.69 Å². The van der Waals surface area contributed by atoms with Crippen molar-refractivity contribution >= 4 is 23.5 Å². The quantitative estimate of drug-likeness (QED) is 0.703. The Balaban J connectivity index is 2.18. The van der Waals surface area contributed by atoms with Gasteiger partial charge in [-0.05, 0) is 12.1 Å². The number of carbonyl (C=O) groups excluding carboxylic acids is 3. The molecule has 1 aromatic rings. The number of hydrogen-bond donors (Lipinski definition) is 0. The second-order valence-corrected chi connectivity index (χ2v) is 4.14. The summed E-state index contributed by atoms with van der Waals surface area (Å²) in [6.45, 7) is 1.18. The van der Waals surface area contributed by atoms with Crippen LogP contribution in [0.15, 0.2) is 36.4 Å². The van der Waals surface area contributed by atoms with E-state index in [1.165, 1.54) is 19.1 Å². The van der Waals surface area contributed by atoms with Crippen molar-refractivity contribution in [3.05, 3.63) is 42.0 Å². The topological polar surface area (TPSA) is 72.9 Å². The molecule has 6 heteroatoms. The van der Waals surface area contributed by atoms with Crippen molar-refractivity contribution in [3.63, 3.8) is 0 Å². The minimum absolute atomic E-state index is 0.252. The molecule has 0 unspecified atom stereocenters. The van der Waals surface area contributed by atoms with Crippen molar-refractivity contribution in [1.82, 2.24) is 0 Å². The molecule has 3 rings (SSSR count). The lowest BCUT2D eigenvalue weighted by Crippen LogP contribution is -2.55. The van der Waals surface area contributed by atoms with Gasteiger partial charge in [-0.15, -0.1) is 0 Å². The first-order valence-electron chi connectivity index (χ1n) is 5.59. The number of benzene rings is 1. The average molecular weight is 259 g/mol. The van der Waals surface area contributed by atoms with E-state index >= 15 is 0 Å². The molecule has 1 aromatic carbocycles. The first-order chi connectivity index (χ1) is 9.03. The van der Waals surface area contributed by atoms with Gasteiger partial charge in [-0.1, -0.05) is 12.1 Å². The second-order valence-electron chi connectivity index (χ2n) is 4.14. The lowest BCUT2D eigenvalue weighted by atomic mass is 10.1. The Morgan fingerprint density at radius 1 is 1.32 bits per heavy atom. The second kappa shape index (κ2) is 3.68. The van der Waals surface area contributed by atoms with E-state index in [4.69, 9.17) is 9.47 Å². The molecule has 0 saturated carbocycles. The molecule has 0 radical (unpaired) electrons. The lowest BCUT2D eigenvalue weighted by molar-refractivity contribution is -0.188. The van der Waals surface area contributed by atoms with Crippen LogP contribution in [0.1, 0.15) is 17.3 Å². The van der Waals surface area contributed by atoms with Crippen molar-refractivity contribution in [2.24, 2.45) is 0 Å². The number of rotatable bonds is 1. The Labute approximate surface area is 108 Å². The number of nitrogens with zero attached hydrogens (tertiary/aromatic N) is 1. The third-order valence-corrected chi connectivity index (χ3v) is 2.86. The van der Waals surface area contributed by atoms with Gasteiger partial charge in [0.25, 0.3) is 5.91 Å². The predicted molar refractivity (Wildman–Crippen MR) is 63.0 cm³/mol. The number of para-hydroxylation sites is 1. The van der Waals surface area contributed by atoms with Gasteiger partial charge in [-0.2, -0.15) is 0 Å². The van der Waals surface area contributed by atoms with Crippen molar-refractivity contribution in [1.29, 1.82) is 0 Å². The Kier molecular flexibility index (Phi) is 2.22. The molecule has 0 saturated heterocycles. The van der Waals surface area contributed by atoms with E-state index in [0.717, 1.165) is 4.90 Å². The molecule has 0 bridgehead atoms. The minimum Gasteiger partial charge on any atom is -0.400 e. The van der Waals surface area contributed by atoms with Gasteiger partial charge >= 0.3 is 17.8 Å². The van der Waals surface area contributed by atoms with E-state index in [1.54, 1.807) is 24.3 Å². The molecule has 1 atom stereocenters. The smallest absolute Gasteiger partial charge is 0.371 e. The van der Waals surface area contributed by atoms with Crippen LogP contribution in [-0.2, 0) is 19.1 Å². The lowest BCUT2D eigenvalue weighted by Gasteiger charge is -2.39. The molecule has 2 aliphatic rings. The van der Waals surface area contributed by atoms with Gasteiger partial charge in [0.05, 0.1) is 11.3 Å².